The highest BCUT2D eigenvalue weighted by Crippen LogP contribution is 2.19. The van der Waals surface area contributed by atoms with E-state index in [9.17, 15) is 14.4 Å². The van der Waals surface area contributed by atoms with Gasteiger partial charge in [-0.25, -0.2) is 9.78 Å². The number of carbonyl (C=O) groups excluding carboxylic acids is 3. The van der Waals surface area contributed by atoms with Gasteiger partial charge in [0.2, 0.25) is 0 Å². The first-order chi connectivity index (χ1) is 14.5. The molecule has 1 unspecified atom stereocenters. The molecule has 1 N–H and O–H groups in total. The molecule has 1 aromatic heterocycles. The van der Waals surface area contributed by atoms with Gasteiger partial charge in [-0.2, -0.15) is 0 Å². The molecule has 1 heterocycles. The van der Waals surface area contributed by atoms with Crippen LogP contribution in [0.15, 0.2) is 29.6 Å². The second-order valence-electron chi connectivity index (χ2n) is 6.38. The average molecular weight is 435 g/mol. The number of carbonyl (C=O) groups is 3. The second kappa shape index (κ2) is 11.9. The number of esters is 2. The van der Waals surface area contributed by atoms with Crippen molar-refractivity contribution in [2.24, 2.45) is 0 Å². The molecule has 0 aliphatic heterocycles. The Kier molecular flexibility index (Phi) is 9.27. The van der Waals surface area contributed by atoms with Gasteiger partial charge in [-0.05, 0) is 44.0 Å². The maximum atomic E-state index is 12.7. The van der Waals surface area contributed by atoms with E-state index >= 15 is 0 Å². The summed E-state index contributed by atoms with van der Waals surface area (Å²) in [6.07, 6.45) is 1.05. The van der Waals surface area contributed by atoms with Gasteiger partial charge in [-0.3, -0.25) is 14.9 Å². The fraction of sp³-hybridized carbons (Fsp3) is 0.429. The molecule has 0 aliphatic carbocycles. The fourth-order valence-corrected chi connectivity index (χ4v) is 3.26. The van der Waals surface area contributed by atoms with Crippen molar-refractivity contribution in [2.75, 3.05) is 19.0 Å². The Morgan fingerprint density at radius 1 is 1.17 bits per heavy atom. The summed E-state index contributed by atoms with van der Waals surface area (Å²) in [4.78, 5) is 40.9. The Morgan fingerprint density at radius 2 is 1.90 bits per heavy atom. The minimum atomic E-state index is -0.947. The zero-order valence-corrected chi connectivity index (χ0v) is 18.1. The number of nitrogens with zero attached hydrogens (tertiary/aromatic N) is 1. The number of hydrogen-bond acceptors (Lipinski definition) is 8. The molecule has 9 heteroatoms. The summed E-state index contributed by atoms with van der Waals surface area (Å²) in [6.45, 7) is 4.02. The molecule has 0 saturated carbocycles. The molecular weight excluding hydrogens is 408 g/mol. The first kappa shape index (κ1) is 23.3. The van der Waals surface area contributed by atoms with Crippen molar-refractivity contribution in [2.45, 2.75) is 45.6 Å². The summed E-state index contributed by atoms with van der Waals surface area (Å²) in [5.41, 5.74) is 0.838. The minimum absolute atomic E-state index is 0.0337. The average Bonchev–Trinajstić information content (AvgIpc) is 3.17. The summed E-state index contributed by atoms with van der Waals surface area (Å²) in [6, 6.07) is 6.47. The van der Waals surface area contributed by atoms with Gasteiger partial charge in [0, 0.05) is 5.38 Å². The maximum absolute atomic E-state index is 12.7. The van der Waals surface area contributed by atoms with Crippen LogP contribution in [0, 0.1) is 0 Å². The summed E-state index contributed by atoms with van der Waals surface area (Å²) in [5, 5.41) is 4.68. The van der Waals surface area contributed by atoms with Gasteiger partial charge in [0.15, 0.2) is 11.2 Å². The highest BCUT2D eigenvalue weighted by molar-refractivity contribution is 7.13. The molecule has 2 aromatic rings. The van der Waals surface area contributed by atoms with Gasteiger partial charge >= 0.3 is 11.9 Å². The predicted octanol–water partition coefficient (Wildman–Crippen LogP) is 3.61. The predicted molar refractivity (Wildman–Crippen MR) is 113 cm³/mol. The number of ether oxygens (including phenoxy) is 3. The van der Waals surface area contributed by atoms with Crippen molar-refractivity contribution >= 4 is 34.3 Å². The second-order valence-corrected chi connectivity index (χ2v) is 7.24. The number of hydrogen-bond donors (Lipinski definition) is 1. The Hall–Kier alpha value is -2.94. The number of rotatable bonds is 11. The molecule has 0 radical (unpaired) electrons. The normalized spacial score (nSPS) is 11.4. The van der Waals surface area contributed by atoms with E-state index < -0.39 is 18.0 Å². The molecule has 30 heavy (non-hydrogen) atoms. The van der Waals surface area contributed by atoms with Crippen LogP contribution in [-0.4, -0.2) is 42.7 Å². The lowest BCUT2D eigenvalue weighted by atomic mass is 10.1. The van der Waals surface area contributed by atoms with Gasteiger partial charge in [-0.15, -0.1) is 11.3 Å². The molecular formula is C21H26N2O6S. The standard InChI is InChI=1S/C21H26N2O6S/c1-4-6-7-17(29-20(26)14-8-10-16(27-3)11-9-14)19(25)23-21-22-15(13-30-21)12-18(24)28-5-2/h8-11,13,17H,4-7,12H2,1-3H3,(H,22,23,25). The monoisotopic (exact) mass is 434 g/mol. The summed E-state index contributed by atoms with van der Waals surface area (Å²) in [5.74, 6) is -0.803. The Bertz CT molecular complexity index is 849. The van der Waals surface area contributed by atoms with Crippen molar-refractivity contribution in [3.8, 4) is 5.75 Å². The number of amides is 1. The zero-order chi connectivity index (χ0) is 21.9. The highest BCUT2D eigenvalue weighted by atomic mass is 32.1. The highest BCUT2D eigenvalue weighted by Gasteiger charge is 2.24. The van der Waals surface area contributed by atoms with E-state index in [1.54, 1.807) is 36.6 Å². The van der Waals surface area contributed by atoms with Crippen LogP contribution in [0.1, 0.15) is 49.2 Å². The summed E-state index contributed by atoms with van der Waals surface area (Å²) >= 11 is 1.19. The number of nitrogens with one attached hydrogen (secondary N) is 1. The van der Waals surface area contributed by atoms with Crippen LogP contribution in [0.2, 0.25) is 0 Å². The van der Waals surface area contributed by atoms with E-state index in [-0.39, 0.29) is 12.4 Å². The van der Waals surface area contributed by atoms with Crippen molar-refractivity contribution in [3.05, 3.63) is 40.9 Å². The molecule has 2 rings (SSSR count). The Balaban J connectivity index is 2.01. The quantitative estimate of drug-likeness (QED) is 0.539. The third-order valence-corrected chi connectivity index (χ3v) is 4.91. The SMILES string of the molecule is CCCCC(OC(=O)c1ccc(OC)cc1)C(=O)Nc1nc(CC(=O)OCC)cs1. The molecule has 162 valence electrons. The first-order valence-corrected chi connectivity index (χ1v) is 10.6. The minimum Gasteiger partial charge on any atom is -0.497 e. The maximum Gasteiger partial charge on any atom is 0.338 e. The van der Waals surface area contributed by atoms with Crippen LogP contribution in [0.25, 0.3) is 0 Å². The van der Waals surface area contributed by atoms with Gasteiger partial charge in [-0.1, -0.05) is 13.3 Å². The lowest BCUT2D eigenvalue weighted by Crippen LogP contribution is -2.32. The number of aromatic nitrogens is 1. The van der Waals surface area contributed by atoms with Crippen LogP contribution in [0.5, 0.6) is 5.75 Å². The molecule has 0 spiro atoms. The molecule has 8 nitrogen and oxygen atoms in total. The summed E-state index contributed by atoms with van der Waals surface area (Å²) < 4.78 is 15.4. The molecule has 1 amide bonds. The molecule has 0 fully saturated rings. The Morgan fingerprint density at radius 3 is 2.53 bits per heavy atom. The Labute approximate surface area is 179 Å². The topological polar surface area (TPSA) is 104 Å². The number of benzene rings is 1. The van der Waals surface area contributed by atoms with Crippen LogP contribution in [0.3, 0.4) is 0 Å². The van der Waals surface area contributed by atoms with Crippen molar-refractivity contribution < 1.29 is 28.6 Å². The third kappa shape index (κ3) is 7.14. The van der Waals surface area contributed by atoms with Crippen molar-refractivity contribution in [1.82, 2.24) is 4.98 Å². The number of anilines is 1. The van der Waals surface area contributed by atoms with E-state index in [1.807, 2.05) is 6.92 Å². The van der Waals surface area contributed by atoms with E-state index in [0.29, 0.717) is 35.2 Å². The van der Waals surface area contributed by atoms with Crippen LogP contribution in [-0.2, 0) is 25.5 Å². The molecule has 0 aliphatic rings. The largest absolute Gasteiger partial charge is 0.497 e. The molecule has 0 saturated heterocycles. The number of methoxy groups -OCH3 is 1. The fourth-order valence-electron chi connectivity index (χ4n) is 2.55. The third-order valence-electron chi connectivity index (χ3n) is 4.10. The van der Waals surface area contributed by atoms with Crippen LogP contribution < -0.4 is 10.1 Å². The van der Waals surface area contributed by atoms with Gasteiger partial charge in [0.05, 0.1) is 31.4 Å². The molecule has 0 bridgehead atoms. The smallest absolute Gasteiger partial charge is 0.338 e. The first-order valence-electron chi connectivity index (χ1n) is 9.72. The molecule has 1 aromatic carbocycles. The van der Waals surface area contributed by atoms with Gasteiger partial charge < -0.3 is 14.2 Å². The van der Waals surface area contributed by atoms with E-state index in [4.69, 9.17) is 14.2 Å². The van der Waals surface area contributed by atoms with E-state index in [1.165, 1.54) is 18.4 Å². The summed E-state index contributed by atoms with van der Waals surface area (Å²) in [7, 11) is 1.54. The lowest BCUT2D eigenvalue weighted by molar-refractivity contribution is -0.142. The molecule has 1 atom stereocenters. The van der Waals surface area contributed by atoms with Gasteiger partial charge in [0.1, 0.15) is 5.75 Å². The van der Waals surface area contributed by atoms with Crippen LogP contribution >= 0.6 is 11.3 Å². The number of unbranched alkanes of at least 4 members (excludes halogenated alkanes) is 1. The number of thiazole rings is 1. The lowest BCUT2D eigenvalue weighted by Gasteiger charge is -2.16. The van der Waals surface area contributed by atoms with E-state index in [2.05, 4.69) is 10.3 Å². The van der Waals surface area contributed by atoms with Crippen molar-refractivity contribution in [1.29, 1.82) is 0 Å². The zero-order valence-electron chi connectivity index (χ0n) is 17.3. The van der Waals surface area contributed by atoms with E-state index in [0.717, 1.165) is 12.8 Å². The van der Waals surface area contributed by atoms with Gasteiger partial charge in [0.25, 0.3) is 5.91 Å². The van der Waals surface area contributed by atoms with Crippen LogP contribution in [0.4, 0.5) is 5.13 Å². The van der Waals surface area contributed by atoms with Crippen molar-refractivity contribution in [3.63, 3.8) is 0 Å².